The highest BCUT2D eigenvalue weighted by atomic mass is 19.1. The topological polar surface area (TPSA) is 41.1 Å². The summed E-state index contributed by atoms with van der Waals surface area (Å²) in [6.07, 6.45) is 1.76. The van der Waals surface area contributed by atoms with Crippen molar-refractivity contribution in [2.24, 2.45) is 0 Å². The Labute approximate surface area is 121 Å². The van der Waals surface area contributed by atoms with Crippen molar-refractivity contribution in [1.82, 2.24) is 0 Å². The monoisotopic (exact) mass is 288 g/mol. The zero-order valence-corrected chi connectivity index (χ0v) is 11.2. The number of halogens is 2. The zero-order chi connectivity index (χ0) is 14.8. The number of carbonyl (C=O) groups excluding carboxylic acids is 1. The van der Waals surface area contributed by atoms with Gasteiger partial charge in [0.05, 0.1) is 0 Å². The third kappa shape index (κ3) is 2.86. The summed E-state index contributed by atoms with van der Waals surface area (Å²) < 4.78 is 26.3. The van der Waals surface area contributed by atoms with E-state index in [2.05, 4.69) is 10.6 Å². The summed E-state index contributed by atoms with van der Waals surface area (Å²) in [4.78, 5) is 12.3. The van der Waals surface area contributed by atoms with Gasteiger partial charge in [0.15, 0.2) is 0 Å². The summed E-state index contributed by atoms with van der Waals surface area (Å²) in [5.41, 5.74) is 2.53. The first-order valence-electron chi connectivity index (χ1n) is 6.77. The maximum Gasteiger partial charge on any atom is 0.256 e. The number of nitrogens with one attached hydrogen (secondary N) is 2. The third-order valence-electron chi connectivity index (χ3n) is 3.46. The lowest BCUT2D eigenvalue weighted by molar-refractivity contribution is 0.102. The zero-order valence-electron chi connectivity index (χ0n) is 11.2. The fraction of sp³-hybridized carbons (Fsp3) is 0.188. The Balaban J connectivity index is 1.89. The van der Waals surface area contributed by atoms with E-state index >= 15 is 0 Å². The number of carbonyl (C=O) groups is 1. The summed E-state index contributed by atoms with van der Waals surface area (Å²) in [5, 5.41) is 5.78. The highest BCUT2D eigenvalue weighted by Crippen LogP contribution is 2.26. The van der Waals surface area contributed by atoms with E-state index in [9.17, 15) is 13.6 Å². The number of fused-ring (bicyclic) bond motifs is 1. The Morgan fingerprint density at radius 3 is 2.67 bits per heavy atom. The Kier molecular flexibility index (Phi) is 3.56. The molecular formula is C16H14F2N2O. The first kappa shape index (κ1) is 13.5. The van der Waals surface area contributed by atoms with Crippen molar-refractivity contribution < 1.29 is 13.6 Å². The molecule has 1 aliphatic heterocycles. The molecule has 0 aromatic heterocycles. The average molecular weight is 288 g/mol. The molecule has 1 heterocycles. The molecule has 0 unspecified atom stereocenters. The lowest BCUT2D eigenvalue weighted by Gasteiger charge is -2.20. The SMILES string of the molecule is O=C(Nc1cc(F)cc(F)c1)c1cccc2c1CCCN2. The van der Waals surface area contributed by atoms with Crippen LogP contribution in [0, 0.1) is 11.6 Å². The minimum absolute atomic E-state index is 0.110. The van der Waals surface area contributed by atoms with Crippen molar-refractivity contribution >= 4 is 17.3 Å². The largest absolute Gasteiger partial charge is 0.385 e. The summed E-state index contributed by atoms with van der Waals surface area (Å²) in [7, 11) is 0. The Bertz CT molecular complexity index is 680. The molecule has 1 aliphatic rings. The molecule has 0 saturated carbocycles. The number of benzene rings is 2. The summed E-state index contributed by atoms with van der Waals surface area (Å²) in [6, 6.07) is 8.38. The fourth-order valence-electron chi connectivity index (χ4n) is 2.55. The van der Waals surface area contributed by atoms with Gasteiger partial charge in [-0.1, -0.05) is 6.07 Å². The molecule has 1 amide bonds. The van der Waals surface area contributed by atoms with E-state index in [0.717, 1.165) is 48.8 Å². The van der Waals surface area contributed by atoms with Crippen LogP contribution in [0.2, 0.25) is 0 Å². The maximum atomic E-state index is 13.2. The maximum absolute atomic E-state index is 13.2. The van der Waals surface area contributed by atoms with Gasteiger partial charge >= 0.3 is 0 Å². The van der Waals surface area contributed by atoms with Crippen molar-refractivity contribution in [2.45, 2.75) is 12.8 Å². The highest BCUT2D eigenvalue weighted by molar-refractivity contribution is 6.06. The van der Waals surface area contributed by atoms with Gasteiger partial charge in [0.2, 0.25) is 0 Å². The molecule has 0 saturated heterocycles. The van der Waals surface area contributed by atoms with Crippen LogP contribution in [0.15, 0.2) is 36.4 Å². The molecular weight excluding hydrogens is 274 g/mol. The normalized spacial score (nSPS) is 13.2. The van der Waals surface area contributed by atoms with Gasteiger partial charge in [-0.2, -0.15) is 0 Å². The van der Waals surface area contributed by atoms with Crippen LogP contribution in [0.3, 0.4) is 0 Å². The van der Waals surface area contributed by atoms with Crippen LogP contribution in [0.25, 0.3) is 0 Å². The van der Waals surface area contributed by atoms with Crippen LogP contribution >= 0.6 is 0 Å². The van der Waals surface area contributed by atoms with Crippen molar-refractivity contribution in [3.05, 3.63) is 59.2 Å². The predicted molar refractivity (Wildman–Crippen MR) is 77.6 cm³/mol. The standard InChI is InChI=1S/C16H14F2N2O/c17-10-7-11(18)9-12(8-10)20-16(21)14-3-1-5-15-13(14)4-2-6-19-15/h1,3,5,7-9,19H,2,4,6H2,(H,20,21). The van der Waals surface area contributed by atoms with Crippen molar-refractivity contribution in [3.8, 4) is 0 Å². The van der Waals surface area contributed by atoms with Crippen LogP contribution < -0.4 is 10.6 Å². The van der Waals surface area contributed by atoms with Crippen molar-refractivity contribution in [1.29, 1.82) is 0 Å². The molecule has 0 bridgehead atoms. The van der Waals surface area contributed by atoms with Gasteiger partial charge < -0.3 is 10.6 Å². The van der Waals surface area contributed by atoms with Gasteiger partial charge in [0.25, 0.3) is 5.91 Å². The van der Waals surface area contributed by atoms with E-state index in [1.165, 1.54) is 0 Å². The van der Waals surface area contributed by atoms with E-state index in [0.29, 0.717) is 5.56 Å². The molecule has 21 heavy (non-hydrogen) atoms. The van der Waals surface area contributed by atoms with Gasteiger partial charge in [0.1, 0.15) is 11.6 Å². The second-order valence-electron chi connectivity index (χ2n) is 4.97. The van der Waals surface area contributed by atoms with Gasteiger partial charge in [-0.25, -0.2) is 8.78 Å². The number of rotatable bonds is 2. The number of hydrogen-bond donors (Lipinski definition) is 2. The summed E-state index contributed by atoms with van der Waals surface area (Å²) >= 11 is 0. The molecule has 0 fully saturated rings. The van der Waals surface area contributed by atoms with E-state index in [1.807, 2.05) is 6.07 Å². The first-order chi connectivity index (χ1) is 10.1. The second-order valence-corrected chi connectivity index (χ2v) is 4.97. The van der Waals surface area contributed by atoms with Crippen LogP contribution in [0.1, 0.15) is 22.3 Å². The van der Waals surface area contributed by atoms with E-state index in [-0.39, 0.29) is 11.6 Å². The number of amides is 1. The Morgan fingerprint density at radius 2 is 1.90 bits per heavy atom. The van der Waals surface area contributed by atoms with E-state index < -0.39 is 11.6 Å². The second kappa shape index (κ2) is 5.52. The molecule has 5 heteroatoms. The molecule has 108 valence electrons. The molecule has 2 N–H and O–H groups in total. The first-order valence-corrected chi connectivity index (χ1v) is 6.77. The van der Waals surface area contributed by atoms with E-state index in [1.54, 1.807) is 12.1 Å². The van der Waals surface area contributed by atoms with E-state index in [4.69, 9.17) is 0 Å². The minimum atomic E-state index is -0.720. The smallest absolute Gasteiger partial charge is 0.256 e. The molecule has 0 radical (unpaired) electrons. The summed E-state index contributed by atoms with van der Waals surface area (Å²) in [5.74, 6) is -1.80. The Morgan fingerprint density at radius 1 is 1.14 bits per heavy atom. The van der Waals surface area contributed by atoms with Gasteiger partial charge in [-0.05, 0) is 42.7 Å². The number of anilines is 2. The van der Waals surface area contributed by atoms with Crippen molar-refractivity contribution in [3.63, 3.8) is 0 Å². The van der Waals surface area contributed by atoms with Gasteiger partial charge in [-0.3, -0.25) is 4.79 Å². The lowest BCUT2D eigenvalue weighted by atomic mass is 9.97. The lowest BCUT2D eigenvalue weighted by Crippen LogP contribution is -2.19. The van der Waals surface area contributed by atoms with Gasteiger partial charge in [-0.15, -0.1) is 0 Å². The molecule has 3 rings (SSSR count). The fourth-order valence-corrected chi connectivity index (χ4v) is 2.55. The molecule has 0 aliphatic carbocycles. The third-order valence-corrected chi connectivity index (χ3v) is 3.46. The molecule has 0 atom stereocenters. The molecule has 0 spiro atoms. The van der Waals surface area contributed by atoms with Crippen LogP contribution in [0.4, 0.5) is 20.2 Å². The molecule has 3 nitrogen and oxygen atoms in total. The predicted octanol–water partition coefficient (Wildman–Crippen LogP) is 3.58. The van der Waals surface area contributed by atoms with Crippen LogP contribution in [0.5, 0.6) is 0 Å². The average Bonchev–Trinajstić information content (AvgIpc) is 2.45. The summed E-state index contributed by atoms with van der Waals surface area (Å²) in [6.45, 7) is 0.882. The van der Waals surface area contributed by atoms with Crippen LogP contribution in [-0.2, 0) is 6.42 Å². The molecule has 2 aromatic carbocycles. The Hall–Kier alpha value is -2.43. The van der Waals surface area contributed by atoms with Crippen molar-refractivity contribution in [2.75, 3.05) is 17.2 Å². The quantitative estimate of drug-likeness (QED) is 0.887. The molecule has 2 aromatic rings. The minimum Gasteiger partial charge on any atom is -0.385 e. The number of hydrogen-bond acceptors (Lipinski definition) is 2. The van der Waals surface area contributed by atoms with Gasteiger partial charge in [0, 0.05) is 29.5 Å². The van der Waals surface area contributed by atoms with Crippen LogP contribution in [-0.4, -0.2) is 12.5 Å². The highest BCUT2D eigenvalue weighted by Gasteiger charge is 2.17.